The molecule has 1 heterocycles. The van der Waals surface area contributed by atoms with Gasteiger partial charge >= 0.3 is 0 Å². The van der Waals surface area contributed by atoms with Gasteiger partial charge in [0.25, 0.3) is 5.56 Å². The highest BCUT2D eigenvalue weighted by atomic mass is 35.5. The number of phenols is 1. The minimum atomic E-state index is -3.87. The first-order chi connectivity index (χ1) is 14.7. The molecule has 0 fully saturated rings. The summed E-state index contributed by atoms with van der Waals surface area (Å²) in [6.45, 7) is 5.61. The Morgan fingerprint density at radius 3 is 2.39 bits per heavy atom. The van der Waals surface area contributed by atoms with Crippen LogP contribution in [-0.2, 0) is 10.0 Å². The molecule has 31 heavy (non-hydrogen) atoms. The SMILES string of the molecule is CCN(CC)S(=O)(=O)c1cc(O)c(N=Nc2c(C)[nH]n(-c3ccccc3)c2=O)cc1Cl. The second-order valence-electron chi connectivity index (χ2n) is 6.62. The zero-order valence-corrected chi connectivity index (χ0v) is 18.8. The fourth-order valence-electron chi connectivity index (χ4n) is 3.03. The summed E-state index contributed by atoms with van der Waals surface area (Å²) in [5.74, 6) is -0.421. The van der Waals surface area contributed by atoms with Gasteiger partial charge in [-0.05, 0) is 25.1 Å². The largest absolute Gasteiger partial charge is 0.506 e. The summed E-state index contributed by atoms with van der Waals surface area (Å²) in [4.78, 5) is 12.5. The number of halogens is 1. The lowest BCUT2D eigenvalue weighted by molar-refractivity contribution is 0.443. The van der Waals surface area contributed by atoms with Crippen molar-refractivity contribution >= 4 is 33.0 Å². The number of aryl methyl sites for hydroxylation is 1. The van der Waals surface area contributed by atoms with E-state index in [1.54, 1.807) is 45.0 Å². The molecule has 0 amide bonds. The number of benzene rings is 2. The molecule has 0 aliphatic rings. The second kappa shape index (κ2) is 9.04. The lowest BCUT2D eigenvalue weighted by Gasteiger charge is -2.19. The molecule has 2 N–H and O–H groups in total. The molecule has 1 aromatic heterocycles. The number of rotatable bonds is 7. The summed E-state index contributed by atoms with van der Waals surface area (Å²) in [5.41, 5.74) is 0.686. The Labute approximate surface area is 184 Å². The Morgan fingerprint density at radius 2 is 1.77 bits per heavy atom. The smallest absolute Gasteiger partial charge is 0.299 e. The van der Waals surface area contributed by atoms with E-state index in [1.807, 2.05) is 6.07 Å². The minimum Gasteiger partial charge on any atom is -0.506 e. The maximum Gasteiger partial charge on any atom is 0.299 e. The topological polar surface area (TPSA) is 120 Å². The number of hydrogen-bond acceptors (Lipinski definition) is 6. The van der Waals surface area contributed by atoms with Gasteiger partial charge in [0, 0.05) is 19.2 Å². The van der Waals surface area contributed by atoms with E-state index >= 15 is 0 Å². The molecule has 0 unspecified atom stereocenters. The first kappa shape index (κ1) is 22.7. The van der Waals surface area contributed by atoms with Gasteiger partial charge in [-0.15, -0.1) is 10.2 Å². The summed E-state index contributed by atoms with van der Waals surface area (Å²) >= 11 is 6.18. The molecule has 0 aliphatic heterocycles. The molecule has 0 saturated carbocycles. The highest BCUT2D eigenvalue weighted by Crippen LogP contribution is 2.37. The lowest BCUT2D eigenvalue weighted by atomic mass is 10.3. The second-order valence-corrected chi connectivity index (χ2v) is 8.94. The predicted molar refractivity (Wildman–Crippen MR) is 119 cm³/mol. The number of aromatic nitrogens is 2. The molecular weight excluding hydrogens is 442 g/mol. The van der Waals surface area contributed by atoms with E-state index < -0.39 is 21.3 Å². The number of nitrogens with zero attached hydrogens (tertiary/aromatic N) is 4. The zero-order chi connectivity index (χ0) is 22.8. The Balaban J connectivity index is 1.99. The number of hydrogen-bond donors (Lipinski definition) is 2. The highest BCUT2D eigenvalue weighted by Gasteiger charge is 2.26. The Bertz CT molecular complexity index is 1280. The minimum absolute atomic E-state index is 0.0548. The van der Waals surface area contributed by atoms with Crippen LogP contribution in [-0.4, -0.2) is 40.7 Å². The van der Waals surface area contributed by atoms with Crippen LogP contribution in [0.1, 0.15) is 19.5 Å². The average Bonchev–Trinajstić information content (AvgIpc) is 3.03. The fraction of sp³-hybridized carbons (Fsp3) is 0.250. The van der Waals surface area contributed by atoms with E-state index in [4.69, 9.17) is 11.6 Å². The Kier molecular flexibility index (Phi) is 6.63. The summed E-state index contributed by atoms with van der Waals surface area (Å²) in [5, 5.41) is 21.0. The van der Waals surface area contributed by atoms with Crippen molar-refractivity contribution in [1.82, 2.24) is 14.1 Å². The van der Waals surface area contributed by atoms with Crippen LogP contribution in [0.2, 0.25) is 5.02 Å². The van der Waals surface area contributed by atoms with E-state index in [1.165, 1.54) is 15.1 Å². The van der Waals surface area contributed by atoms with E-state index in [0.717, 1.165) is 6.07 Å². The first-order valence-electron chi connectivity index (χ1n) is 9.52. The number of sulfonamides is 1. The van der Waals surface area contributed by atoms with Gasteiger partial charge in [0.05, 0.1) is 16.4 Å². The Morgan fingerprint density at radius 1 is 1.13 bits per heavy atom. The molecule has 0 radical (unpaired) electrons. The number of H-pyrrole nitrogens is 1. The third-order valence-electron chi connectivity index (χ3n) is 4.66. The van der Waals surface area contributed by atoms with Crippen LogP contribution in [0.15, 0.2) is 62.4 Å². The molecule has 0 spiro atoms. The fourth-order valence-corrected chi connectivity index (χ4v) is 5.01. The van der Waals surface area contributed by atoms with Gasteiger partial charge in [-0.3, -0.25) is 9.89 Å². The summed E-state index contributed by atoms with van der Waals surface area (Å²) < 4.78 is 28.0. The van der Waals surface area contributed by atoms with Crippen LogP contribution < -0.4 is 5.56 Å². The van der Waals surface area contributed by atoms with Gasteiger partial charge < -0.3 is 5.11 Å². The first-order valence-corrected chi connectivity index (χ1v) is 11.3. The van der Waals surface area contributed by atoms with E-state index in [9.17, 15) is 18.3 Å². The van der Waals surface area contributed by atoms with Crippen molar-refractivity contribution in [1.29, 1.82) is 0 Å². The van der Waals surface area contributed by atoms with Crippen molar-refractivity contribution in [2.24, 2.45) is 10.2 Å². The van der Waals surface area contributed by atoms with Crippen LogP contribution >= 0.6 is 11.6 Å². The quantitative estimate of drug-likeness (QED) is 0.508. The number of nitrogens with one attached hydrogen (secondary N) is 1. The maximum atomic E-state index is 12.7. The van der Waals surface area contributed by atoms with Crippen molar-refractivity contribution in [3.8, 4) is 11.4 Å². The third-order valence-corrected chi connectivity index (χ3v) is 7.18. The van der Waals surface area contributed by atoms with Crippen LogP contribution in [0, 0.1) is 6.92 Å². The highest BCUT2D eigenvalue weighted by molar-refractivity contribution is 7.89. The van der Waals surface area contributed by atoms with E-state index in [-0.39, 0.29) is 34.4 Å². The molecule has 0 bridgehead atoms. The number of para-hydroxylation sites is 1. The summed E-state index contributed by atoms with van der Waals surface area (Å²) in [6.07, 6.45) is 0. The number of phenolic OH excluding ortho intramolecular Hbond substituents is 1. The maximum absolute atomic E-state index is 12.7. The number of azo groups is 1. The predicted octanol–water partition coefficient (Wildman–Crippen LogP) is 4.28. The summed E-state index contributed by atoms with van der Waals surface area (Å²) in [7, 11) is -3.87. The molecule has 9 nitrogen and oxygen atoms in total. The molecule has 0 saturated heterocycles. The van der Waals surface area contributed by atoms with Crippen molar-refractivity contribution in [3.05, 3.63) is 63.5 Å². The van der Waals surface area contributed by atoms with Gasteiger partial charge in [-0.25, -0.2) is 13.1 Å². The molecule has 2 aromatic carbocycles. The number of aromatic hydroxyl groups is 1. The van der Waals surface area contributed by atoms with Crippen LogP contribution in [0.3, 0.4) is 0 Å². The molecular formula is C20H22ClN5O4S. The van der Waals surface area contributed by atoms with Crippen molar-refractivity contribution < 1.29 is 13.5 Å². The van der Waals surface area contributed by atoms with E-state index in [2.05, 4.69) is 15.3 Å². The number of aromatic amines is 1. The molecule has 3 rings (SSSR count). The van der Waals surface area contributed by atoms with Crippen LogP contribution in [0.25, 0.3) is 5.69 Å². The van der Waals surface area contributed by atoms with Gasteiger partial charge in [0.15, 0.2) is 5.69 Å². The van der Waals surface area contributed by atoms with E-state index in [0.29, 0.717) is 11.4 Å². The molecule has 11 heteroatoms. The van der Waals surface area contributed by atoms with Crippen molar-refractivity contribution in [2.75, 3.05) is 13.1 Å². The monoisotopic (exact) mass is 463 g/mol. The lowest BCUT2D eigenvalue weighted by Crippen LogP contribution is -2.30. The molecule has 0 atom stereocenters. The summed E-state index contributed by atoms with van der Waals surface area (Å²) in [6, 6.07) is 11.2. The van der Waals surface area contributed by atoms with Gasteiger partial charge in [0.2, 0.25) is 10.0 Å². The van der Waals surface area contributed by atoms with Crippen LogP contribution in [0.5, 0.6) is 5.75 Å². The van der Waals surface area contributed by atoms with Crippen LogP contribution in [0.4, 0.5) is 11.4 Å². The van der Waals surface area contributed by atoms with Crippen molar-refractivity contribution in [3.63, 3.8) is 0 Å². The molecule has 0 aliphatic carbocycles. The Hall–Kier alpha value is -2.95. The standard InChI is InChI=1S/C20H22ClN5O4S/c1-4-25(5-2)31(29,30)18-12-17(27)16(11-15(18)21)22-23-19-13(3)24-26(20(19)28)14-9-7-6-8-10-14/h6-12,24,27H,4-5H2,1-3H3. The zero-order valence-electron chi connectivity index (χ0n) is 17.2. The molecule has 3 aromatic rings. The average molecular weight is 464 g/mol. The third kappa shape index (κ3) is 4.41. The molecule has 164 valence electrons. The van der Waals surface area contributed by atoms with Gasteiger partial charge in [-0.1, -0.05) is 43.6 Å². The van der Waals surface area contributed by atoms with Gasteiger partial charge in [0.1, 0.15) is 16.3 Å². The van der Waals surface area contributed by atoms with Gasteiger partial charge in [-0.2, -0.15) is 4.31 Å². The van der Waals surface area contributed by atoms with Crippen molar-refractivity contribution in [2.45, 2.75) is 25.7 Å². The normalized spacial score (nSPS) is 12.2.